The zero-order valence-corrected chi connectivity index (χ0v) is 10.7. The Morgan fingerprint density at radius 2 is 2.00 bits per heavy atom. The Bertz CT molecular complexity index is 234. The molecule has 94 valence electrons. The number of nitrogens with one attached hydrogen (secondary N) is 1. The van der Waals surface area contributed by atoms with Crippen LogP contribution in [-0.2, 0) is 14.3 Å². The number of hydrogen-bond acceptors (Lipinski definition) is 4. The van der Waals surface area contributed by atoms with Crippen molar-refractivity contribution in [3.8, 4) is 0 Å². The lowest BCUT2D eigenvalue weighted by molar-refractivity contribution is -0.154. The van der Waals surface area contributed by atoms with Gasteiger partial charge in [0.2, 0.25) is 0 Å². The quantitative estimate of drug-likeness (QED) is 0.736. The molecule has 0 aliphatic carbocycles. The molecule has 1 rings (SSSR count). The van der Waals surface area contributed by atoms with E-state index in [0.717, 1.165) is 26.1 Å². The molecule has 0 amide bonds. The third-order valence-corrected chi connectivity index (χ3v) is 3.54. The van der Waals surface area contributed by atoms with Crippen LogP contribution >= 0.6 is 0 Å². The van der Waals surface area contributed by atoms with Gasteiger partial charge >= 0.3 is 5.97 Å². The Balaban J connectivity index is 2.74. The molecule has 1 aliphatic rings. The highest BCUT2D eigenvalue weighted by Gasteiger charge is 2.41. The van der Waals surface area contributed by atoms with Crippen molar-refractivity contribution in [1.29, 1.82) is 0 Å². The van der Waals surface area contributed by atoms with Gasteiger partial charge in [-0.2, -0.15) is 0 Å². The van der Waals surface area contributed by atoms with Crippen LogP contribution in [0.3, 0.4) is 0 Å². The second kappa shape index (κ2) is 5.64. The lowest BCUT2D eigenvalue weighted by Crippen LogP contribution is -2.51. The number of methoxy groups -OCH3 is 1. The molecule has 4 nitrogen and oxygen atoms in total. The van der Waals surface area contributed by atoms with Gasteiger partial charge in [0.25, 0.3) is 0 Å². The second-order valence-corrected chi connectivity index (χ2v) is 4.93. The summed E-state index contributed by atoms with van der Waals surface area (Å²) in [6, 6.07) is 0.142. The van der Waals surface area contributed by atoms with E-state index in [-0.39, 0.29) is 12.0 Å². The minimum absolute atomic E-state index is 0.142. The Labute approximate surface area is 97.7 Å². The largest absolute Gasteiger partial charge is 0.469 e. The van der Waals surface area contributed by atoms with Crippen molar-refractivity contribution in [2.45, 2.75) is 32.7 Å². The third kappa shape index (κ3) is 2.74. The highest BCUT2D eigenvalue weighted by atomic mass is 16.5. The summed E-state index contributed by atoms with van der Waals surface area (Å²) >= 11 is 0. The summed E-state index contributed by atoms with van der Waals surface area (Å²) in [5, 5.41) is 3.27. The van der Waals surface area contributed by atoms with Crippen LogP contribution in [0.4, 0.5) is 0 Å². The minimum Gasteiger partial charge on any atom is -0.469 e. The number of esters is 1. The van der Waals surface area contributed by atoms with E-state index in [2.05, 4.69) is 5.32 Å². The minimum atomic E-state index is -0.495. The van der Waals surface area contributed by atoms with E-state index >= 15 is 0 Å². The molecule has 1 aliphatic heterocycles. The predicted molar refractivity (Wildman–Crippen MR) is 62.2 cm³/mol. The first-order valence-electron chi connectivity index (χ1n) is 5.87. The average Bonchev–Trinajstić information content (AvgIpc) is 2.30. The van der Waals surface area contributed by atoms with Gasteiger partial charge in [0, 0.05) is 19.3 Å². The van der Waals surface area contributed by atoms with E-state index in [9.17, 15) is 4.79 Å². The predicted octanol–water partition coefficient (Wildman–Crippen LogP) is 1.20. The summed E-state index contributed by atoms with van der Waals surface area (Å²) in [6.45, 7) is 5.46. The molecule has 4 heteroatoms. The summed E-state index contributed by atoms with van der Waals surface area (Å²) in [6.07, 6.45) is 2.01. The third-order valence-electron chi connectivity index (χ3n) is 3.54. The molecule has 0 aromatic heterocycles. The van der Waals surface area contributed by atoms with E-state index in [1.54, 1.807) is 0 Å². The van der Waals surface area contributed by atoms with Gasteiger partial charge in [0.05, 0.1) is 12.5 Å². The second-order valence-electron chi connectivity index (χ2n) is 4.93. The lowest BCUT2D eigenvalue weighted by atomic mass is 9.74. The molecular formula is C12H23NO3. The number of hydrogen-bond donors (Lipinski definition) is 1. The molecule has 1 atom stereocenters. The molecule has 0 saturated carbocycles. The molecule has 1 N–H and O–H groups in total. The number of rotatable bonds is 4. The van der Waals surface area contributed by atoms with Crippen molar-refractivity contribution >= 4 is 5.97 Å². The fraction of sp³-hybridized carbons (Fsp3) is 0.917. The van der Waals surface area contributed by atoms with Gasteiger partial charge in [-0.25, -0.2) is 0 Å². The fourth-order valence-corrected chi connectivity index (χ4v) is 2.62. The Morgan fingerprint density at radius 1 is 1.44 bits per heavy atom. The Kier molecular flexibility index (Phi) is 4.74. The molecule has 0 aromatic carbocycles. The molecule has 1 heterocycles. The molecule has 0 radical (unpaired) electrons. The standard InChI is InChI=1S/C12H23NO3/c1-12(2,11(14)15-4)10(13-3)9-5-7-16-8-6-9/h9-10,13H,5-8H2,1-4H3. The maximum absolute atomic E-state index is 11.8. The van der Waals surface area contributed by atoms with Gasteiger partial charge in [-0.15, -0.1) is 0 Å². The summed E-state index contributed by atoms with van der Waals surface area (Å²) < 4.78 is 10.2. The first-order chi connectivity index (χ1) is 7.54. The van der Waals surface area contributed by atoms with Crippen molar-refractivity contribution in [3.05, 3.63) is 0 Å². The van der Waals surface area contributed by atoms with Gasteiger partial charge in [-0.05, 0) is 39.7 Å². The first kappa shape index (κ1) is 13.5. The van der Waals surface area contributed by atoms with E-state index < -0.39 is 5.41 Å². The number of carbonyl (C=O) groups is 1. The number of carbonyl (C=O) groups excluding carboxylic acids is 1. The van der Waals surface area contributed by atoms with Crippen LogP contribution in [0.2, 0.25) is 0 Å². The lowest BCUT2D eigenvalue weighted by Gasteiger charge is -2.39. The highest BCUT2D eigenvalue weighted by Crippen LogP contribution is 2.32. The number of ether oxygens (including phenoxy) is 2. The van der Waals surface area contributed by atoms with Crippen LogP contribution in [0, 0.1) is 11.3 Å². The van der Waals surface area contributed by atoms with Crippen LogP contribution in [-0.4, -0.2) is 39.4 Å². The SMILES string of the molecule is CNC(C1CCOCC1)C(C)(C)C(=O)OC. The summed E-state index contributed by atoms with van der Waals surface area (Å²) in [5.41, 5.74) is -0.495. The zero-order chi connectivity index (χ0) is 12.2. The van der Waals surface area contributed by atoms with Crippen molar-refractivity contribution in [2.24, 2.45) is 11.3 Å². The molecule has 1 fully saturated rings. The molecule has 1 saturated heterocycles. The molecular weight excluding hydrogens is 206 g/mol. The Hall–Kier alpha value is -0.610. The van der Waals surface area contributed by atoms with Crippen LogP contribution in [0.25, 0.3) is 0 Å². The van der Waals surface area contributed by atoms with Crippen LogP contribution < -0.4 is 5.32 Å². The highest BCUT2D eigenvalue weighted by molar-refractivity contribution is 5.76. The van der Waals surface area contributed by atoms with E-state index in [1.165, 1.54) is 7.11 Å². The van der Waals surface area contributed by atoms with E-state index in [1.807, 2.05) is 20.9 Å². The van der Waals surface area contributed by atoms with Crippen molar-refractivity contribution < 1.29 is 14.3 Å². The van der Waals surface area contributed by atoms with Gasteiger partial charge < -0.3 is 14.8 Å². The monoisotopic (exact) mass is 229 g/mol. The summed E-state index contributed by atoms with van der Waals surface area (Å²) in [7, 11) is 3.35. The van der Waals surface area contributed by atoms with Crippen molar-refractivity contribution in [2.75, 3.05) is 27.4 Å². The van der Waals surface area contributed by atoms with Crippen LogP contribution in [0.15, 0.2) is 0 Å². The molecule has 0 spiro atoms. The summed E-state index contributed by atoms with van der Waals surface area (Å²) in [5.74, 6) is 0.325. The topological polar surface area (TPSA) is 47.6 Å². The molecule has 0 bridgehead atoms. The van der Waals surface area contributed by atoms with E-state index in [0.29, 0.717) is 5.92 Å². The fourth-order valence-electron chi connectivity index (χ4n) is 2.62. The van der Waals surface area contributed by atoms with Gasteiger partial charge in [0.1, 0.15) is 0 Å². The van der Waals surface area contributed by atoms with Gasteiger partial charge in [-0.3, -0.25) is 4.79 Å². The van der Waals surface area contributed by atoms with Crippen LogP contribution in [0.1, 0.15) is 26.7 Å². The van der Waals surface area contributed by atoms with Crippen molar-refractivity contribution in [1.82, 2.24) is 5.32 Å². The molecule has 0 aromatic rings. The van der Waals surface area contributed by atoms with Gasteiger partial charge in [-0.1, -0.05) is 0 Å². The van der Waals surface area contributed by atoms with Crippen molar-refractivity contribution in [3.63, 3.8) is 0 Å². The van der Waals surface area contributed by atoms with E-state index in [4.69, 9.17) is 9.47 Å². The zero-order valence-electron chi connectivity index (χ0n) is 10.7. The maximum Gasteiger partial charge on any atom is 0.312 e. The average molecular weight is 229 g/mol. The normalized spacial score (nSPS) is 20.5. The molecule has 1 unspecified atom stereocenters. The van der Waals surface area contributed by atoms with Crippen LogP contribution in [0.5, 0.6) is 0 Å². The first-order valence-corrected chi connectivity index (χ1v) is 5.87. The summed E-state index contributed by atoms with van der Waals surface area (Å²) in [4.78, 5) is 11.8. The molecule has 16 heavy (non-hydrogen) atoms. The maximum atomic E-state index is 11.8. The Morgan fingerprint density at radius 3 is 2.44 bits per heavy atom. The van der Waals surface area contributed by atoms with Gasteiger partial charge in [0.15, 0.2) is 0 Å². The smallest absolute Gasteiger partial charge is 0.312 e.